The van der Waals surface area contributed by atoms with Crippen LogP contribution in [-0.2, 0) is 14.3 Å². The summed E-state index contributed by atoms with van der Waals surface area (Å²) in [6, 6.07) is 5.44. The SMILES string of the molecule is COc1ccc(Br)cc1/C=C/C(=O)O[C@@H](C)C(=O)NC(C)C. The number of carbonyl (C=O) groups is 2. The molecule has 1 rings (SSSR count). The van der Waals surface area contributed by atoms with Gasteiger partial charge in [-0.25, -0.2) is 4.79 Å². The molecule has 6 heteroatoms. The number of benzene rings is 1. The van der Waals surface area contributed by atoms with Crippen molar-refractivity contribution in [2.75, 3.05) is 7.11 Å². The van der Waals surface area contributed by atoms with Crippen LogP contribution >= 0.6 is 15.9 Å². The van der Waals surface area contributed by atoms with Gasteiger partial charge in [-0.15, -0.1) is 0 Å². The molecule has 5 nitrogen and oxygen atoms in total. The monoisotopic (exact) mass is 369 g/mol. The maximum absolute atomic E-state index is 11.8. The van der Waals surface area contributed by atoms with E-state index < -0.39 is 12.1 Å². The molecular formula is C16H20BrNO4. The van der Waals surface area contributed by atoms with E-state index in [0.717, 1.165) is 10.0 Å². The van der Waals surface area contributed by atoms with Gasteiger partial charge in [0, 0.05) is 22.2 Å². The molecule has 0 aromatic heterocycles. The van der Waals surface area contributed by atoms with Gasteiger partial charge >= 0.3 is 5.97 Å². The van der Waals surface area contributed by atoms with Crippen LogP contribution in [0.2, 0.25) is 0 Å². The summed E-state index contributed by atoms with van der Waals surface area (Å²) in [5.41, 5.74) is 0.730. The lowest BCUT2D eigenvalue weighted by molar-refractivity contribution is -0.150. The lowest BCUT2D eigenvalue weighted by atomic mass is 10.2. The second kappa shape index (κ2) is 8.58. The molecule has 22 heavy (non-hydrogen) atoms. The van der Waals surface area contributed by atoms with Crippen molar-refractivity contribution in [3.63, 3.8) is 0 Å². The molecular weight excluding hydrogens is 350 g/mol. The average molecular weight is 370 g/mol. The number of ether oxygens (including phenoxy) is 2. The first-order valence-corrected chi connectivity index (χ1v) is 7.65. The highest BCUT2D eigenvalue weighted by molar-refractivity contribution is 9.10. The zero-order chi connectivity index (χ0) is 16.7. The first kappa shape index (κ1) is 18.2. The third kappa shape index (κ3) is 5.89. The lowest BCUT2D eigenvalue weighted by Gasteiger charge is -2.14. The number of methoxy groups -OCH3 is 1. The molecule has 0 aliphatic heterocycles. The Bertz CT molecular complexity index is 569. The topological polar surface area (TPSA) is 64.6 Å². The van der Waals surface area contributed by atoms with Crippen molar-refractivity contribution in [1.82, 2.24) is 5.32 Å². The third-order valence-corrected chi connectivity index (χ3v) is 3.18. The molecule has 0 aliphatic carbocycles. The van der Waals surface area contributed by atoms with Crippen LogP contribution in [0.1, 0.15) is 26.3 Å². The molecule has 0 unspecified atom stereocenters. The minimum absolute atomic E-state index is 0.00451. The van der Waals surface area contributed by atoms with Crippen molar-refractivity contribution in [2.24, 2.45) is 0 Å². The van der Waals surface area contributed by atoms with Crippen molar-refractivity contribution < 1.29 is 19.1 Å². The average Bonchev–Trinajstić information content (AvgIpc) is 2.44. The van der Waals surface area contributed by atoms with E-state index >= 15 is 0 Å². The summed E-state index contributed by atoms with van der Waals surface area (Å²) in [7, 11) is 1.55. The maximum atomic E-state index is 11.8. The number of halogens is 1. The minimum atomic E-state index is -0.844. The Morgan fingerprint density at radius 2 is 1.95 bits per heavy atom. The molecule has 120 valence electrons. The summed E-state index contributed by atoms with van der Waals surface area (Å²) in [5.74, 6) is -0.275. The summed E-state index contributed by atoms with van der Waals surface area (Å²) in [6.45, 7) is 5.21. The zero-order valence-corrected chi connectivity index (χ0v) is 14.6. The fourth-order valence-electron chi connectivity index (χ4n) is 1.66. The molecule has 1 N–H and O–H groups in total. The highest BCUT2D eigenvalue weighted by Crippen LogP contribution is 2.24. The first-order chi connectivity index (χ1) is 10.3. The van der Waals surface area contributed by atoms with Gasteiger partial charge in [0.25, 0.3) is 5.91 Å². The maximum Gasteiger partial charge on any atom is 0.331 e. The first-order valence-electron chi connectivity index (χ1n) is 6.86. The molecule has 1 amide bonds. The van der Waals surface area contributed by atoms with Crippen molar-refractivity contribution in [3.8, 4) is 5.75 Å². The molecule has 0 spiro atoms. The Kier molecular flexibility index (Phi) is 7.11. The fraction of sp³-hybridized carbons (Fsp3) is 0.375. The van der Waals surface area contributed by atoms with Crippen LogP contribution in [0.15, 0.2) is 28.7 Å². The fourth-order valence-corrected chi connectivity index (χ4v) is 2.04. The summed E-state index contributed by atoms with van der Waals surface area (Å²) in [5, 5.41) is 2.68. The number of nitrogens with one attached hydrogen (secondary N) is 1. The van der Waals surface area contributed by atoms with Gasteiger partial charge in [0.05, 0.1) is 7.11 Å². The second-order valence-electron chi connectivity index (χ2n) is 4.96. The Morgan fingerprint density at radius 1 is 1.27 bits per heavy atom. The molecule has 0 fully saturated rings. The van der Waals surface area contributed by atoms with Gasteiger partial charge in [-0.05, 0) is 45.0 Å². The van der Waals surface area contributed by atoms with E-state index in [4.69, 9.17) is 9.47 Å². The molecule has 0 aliphatic rings. The lowest BCUT2D eigenvalue weighted by Crippen LogP contribution is -2.39. The van der Waals surface area contributed by atoms with E-state index in [1.54, 1.807) is 19.3 Å². The Morgan fingerprint density at radius 3 is 2.55 bits per heavy atom. The van der Waals surface area contributed by atoms with Crippen LogP contribution < -0.4 is 10.1 Å². The number of carbonyl (C=O) groups excluding carboxylic acids is 2. The number of rotatable bonds is 6. The van der Waals surface area contributed by atoms with Crippen LogP contribution in [0.5, 0.6) is 5.75 Å². The normalized spacial score (nSPS) is 12.3. The molecule has 0 saturated heterocycles. The van der Waals surface area contributed by atoms with E-state index in [0.29, 0.717) is 5.75 Å². The molecule has 1 aromatic carbocycles. The predicted molar refractivity (Wildman–Crippen MR) is 88.6 cm³/mol. The largest absolute Gasteiger partial charge is 0.496 e. The van der Waals surface area contributed by atoms with Crippen LogP contribution in [0.25, 0.3) is 6.08 Å². The van der Waals surface area contributed by atoms with Gasteiger partial charge in [0.15, 0.2) is 6.10 Å². The van der Waals surface area contributed by atoms with Crippen molar-refractivity contribution in [2.45, 2.75) is 32.9 Å². The molecule has 0 bridgehead atoms. The van der Waals surface area contributed by atoms with E-state index in [2.05, 4.69) is 21.2 Å². The van der Waals surface area contributed by atoms with Crippen LogP contribution in [-0.4, -0.2) is 31.1 Å². The second-order valence-corrected chi connectivity index (χ2v) is 5.88. The van der Waals surface area contributed by atoms with Gasteiger partial charge in [-0.2, -0.15) is 0 Å². The molecule has 0 saturated carbocycles. The molecule has 1 aromatic rings. The van der Waals surface area contributed by atoms with Crippen molar-refractivity contribution in [1.29, 1.82) is 0 Å². The Balaban J connectivity index is 2.68. The van der Waals surface area contributed by atoms with Crippen molar-refractivity contribution in [3.05, 3.63) is 34.3 Å². The van der Waals surface area contributed by atoms with Gasteiger partial charge in [0.2, 0.25) is 0 Å². The van der Waals surface area contributed by atoms with E-state index in [1.807, 2.05) is 26.0 Å². The summed E-state index contributed by atoms with van der Waals surface area (Å²) < 4.78 is 11.1. The summed E-state index contributed by atoms with van der Waals surface area (Å²) >= 11 is 3.36. The summed E-state index contributed by atoms with van der Waals surface area (Å²) in [6.07, 6.45) is 2.01. The van der Waals surface area contributed by atoms with Crippen LogP contribution in [0, 0.1) is 0 Å². The summed E-state index contributed by atoms with van der Waals surface area (Å²) in [4.78, 5) is 23.4. The van der Waals surface area contributed by atoms with Gasteiger partial charge in [-0.1, -0.05) is 15.9 Å². The third-order valence-electron chi connectivity index (χ3n) is 2.68. The number of hydrogen-bond donors (Lipinski definition) is 1. The number of esters is 1. The van der Waals surface area contributed by atoms with Crippen molar-refractivity contribution >= 4 is 33.9 Å². The molecule has 0 radical (unpaired) electrons. The van der Waals surface area contributed by atoms with E-state index in [-0.39, 0.29) is 11.9 Å². The van der Waals surface area contributed by atoms with Crippen LogP contribution in [0.3, 0.4) is 0 Å². The Hall–Kier alpha value is -1.82. The van der Waals surface area contributed by atoms with Gasteiger partial charge in [-0.3, -0.25) is 4.79 Å². The van der Waals surface area contributed by atoms with Gasteiger partial charge < -0.3 is 14.8 Å². The Labute approximate surface area is 138 Å². The zero-order valence-electron chi connectivity index (χ0n) is 13.1. The minimum Gasteiger partial charge on any atom is -0.496 e. The van der Waals surface area contributed by atoms with E-state index in [9.17, 15) is 9.59 Å². The number of amides is 1. The number of hydrogen-bond acceptors (Lipinski definition) is 4. The smallest absolute Gasteiger partial charge is 0.331 e. The quantitative estimate of drug-likeness (QED) is 0.618. The molecule has 0 heterocycles. The van der Waals surface area contributed by atoms with Crippen LogP contribution in [0.4, 0.5) is 0 Å². The molecule has 1 atom stereocenters. The highest BCUT2D eigenvalue weighted by Gasteiger charge is 2.16. The standard InChI is InChI=1S/C16H20BrNO4/c1-10(2)18-16(20)11(3)22-15(19)8-5-12-9-13(17)6-7-14(12)21-4/h5-11H,1-4H3,(H,18,20)/b8-5+/t11-/m0/s1. The predicted octanol–water partition coefficient (Wildman–Crippen LogP) is 2.93. The van der Waals surface area contributed by atoms with Gasteiger partial charge in [0.1, 0.15) is 5.75 Å². The highest BCUT2D eigenvalue weighted by atomic mass is 79.9. The van der Waals surface area contributed by atoms with E-state index in [1.165, 1.54) is 13.0 Å².